The summed E-state index contributed by atoms with van der Waals surface area (Å²) in [6.45, 7) is 8.96. The van der Waals surface area contributed by atoms with Crippen LogP contribution in [0.4, 0.5) is 0 Å². The van der Waals surface area contributed by atoms with E-state index in [1.165, 1.54) is 13.8 Å². The first-order chi connectivity index (χ1) is 10.6. The summed E-state index contributed by atoms with van der Waals surface area (Å²) < 4.78 is 9.97. The van der Waals surface area contributed by atoms with Gasteiger partial charge in [-0.2, -0.15) is 0 Å². The molecule has 128 valence electrons. The van der Waals surface area contributed by atoms with Crippen LogP contribution >= 0.6 is 0 Å². The van der Waals surface area contributed by atoms with Crippen LogP contribution in [-0.2, 0) is 19.1 Å². The average Bonchev–Trinajstić information content (AvgIpc) is 2.42. The van der Waals surface area contributed by atoms with Gasteiger partial charge in [0.2, 0.25) is 0 Å². The number of aliphatic hydroxyl groups excluding tert-OH is 1. The first-order valence-electron chi connectivity index (χ1n) is 7.46. The maximum Gasteiger partial charge on any atom is 0.305 e. The molecule has 2 N–H and O–H groups in total. The Balaban J connectivity index is 2.79. The number of benzene rings is 1. The Bertz CT molecular complexity index is 517. The molecule has 0 aliphatic rings. The van der Waals surface area contributed by atoms with Crippen molar-refractivity contribution in [1.82, 2.24) is 5.32 Å². The van der Waals surface area contributed by atoms with Gasteiger partial charge in [-0.1, -0.05) is 24.3 Å². The number of hydrogen-bond donors (Lipinski definition) is 2. The lowest BCUT2D eigenvalue weighted by molar-refractivity contribution is -0.186. The number of carbonyl (C=O) groups is 2. The lowest BCUT2D eigenvalue weighted by Gasteiger charge is -2.23. The second kappa shape index (κ2) is 8.08. The van der Waals surface area contributed by atoms with E-state index in [-0.39, 0.29) is 5.54 Å². The third kappa shape index (κ3) is 7.25. The van der Waals surface area contributed by atoms with Crippen LogP contribution in [-0.4, -0.2) is 29.1 Å². The second-order valence-electron chi connectivity index (χ2n) is 6.36. The molecule has 6 heteroatoms. The SMILES string of the molecule is CC(=O)OC(OC(C)=O)c1ccc([C@@H](O)CNC(C)(C)C)cc1. The maximum atomic E-state index is 11.1. The highest BCUT2D eigenvalue weighted by molar-refractivity contribution is 5.68. The number of ether oxygens (including phenoxy) is 2. The molecule has 23 heavy (non-hydrogen) atoms. The fourth-order valence-electron chi connectivity index (χ4n) is 1.86. The second-order valence-corrected chi connectivity index (χ2v) is 6.36. The zero-order valence-corrected chi connectivity index (χ0v) is 14.3. The number of esters is 2. The molecule has 0 fully saturated rings. The van der Waals surface area contributed by atoms with Gasteiger partial charge in [0.05, 0.1) is 6.10 Å². The quantitative estimate of drug-likeness (QED) is 0.617. The molecule has 0 spiro atoms. The van der Waals surface area contributed by atoms with E-state index in [2.05, 4.69) is 5.32 Å². The minimum Gasteiger partial charge on any atom is -0.421 e. The van der Waals surface area contributed by atoms with Gasteiger partial charge in [-0.3, -0.25) is 9.59 Å². The van der Waals surface area contributed by atoms with Gasteiger partial charge < -0.3 is 19.9 Å². The lowest BCUT2D eigenvalue weighted by atomic mass is 10.0. The van der Waals surface area contributed by atoms with E-state index in [1.807, 2.05) is 20.8 Å². The van der Waals surface area contributed by atoms with Gasteiger partial charge in [0.1, 0.15) is 0 Å². The average molecular weight is 323 g/mol. The van der Waals surface area contributed by atoms with Crippen LogP contribution in [0.2, 0.25) is 0 Å². The summed E-state index contributed by atoms with van der Waals surface area (Å²) >= 11 is 0. The van der Waals surface area contributed by atoms with Crippen molar-refractivity contribution in [3.05, 3.63) is 35.4 Å². The first-order valence-corrected chi connectivity index (χ1v) is 7.46. The molecule has 6 nitrogen and oxygen atoms in total. The monoisotopic (exact) mass is 323 g/mol. The van der Waals surface area contributed by atoms with Gasteiger partial charge in [-0.05, 0) is 26.3 Å². The smallest absolute Gasteiger partial charge is 0.305 e. The van der Waals surface area contributed by atoms with E-state index in [0.29, 0.717) is 12.1 Å². The standard InChI is InChI=1S/C17H25NO5/c1-11(19)22-16(23-12(2)20)14-8-6-13(7-9-14)15(21)10-18-17(3,4)5/h6-9,15-16,18,21H,10H2,1-5H3/t15-/m0/s1. The van der Waals surface area contributed by atoms with Crippen molar-refractivity contribution in [1.29, 1.82) is 0 Å². The Kier molecular flexibility index (Phi) is 6.72. The first kappa shape index (κ1) is 19.1. The van der Waals surface area contributed by atoms with Crippen LogP contribution < -0.4 is 5.32 Å². The molecule has 0 radical (unpaired) electrons. The van der Waals surface area contributed by atoms with Crippen molar-refractivity contribution in [3.8, 4) is 0 Å². The topological polar surface area (TPSA) is 84.9 Å². The zero-order valence-electron chi connectivity index (χ0n) is 14.3. The van der Waals surface area contributed by atoms with Gasteiger partial charge in [-0.15, -0.1) is 0 Å². The van der Waals surface area contributed by atoms with Crippen molar-refractivity contribution in [2.24, 2.45) is 0 Å². The number of carbonyl (C=O) groups excluding carboxylic acids is 2. The fourth-order valence-corrected chi connectivity index (χ4v) is 1.86. The van der Waals surface area contributed by atoms with Gasteiger partial charge >= 0.3 is 11.9 Å². The summed E-state index contributed by atoms with van der Waals surface area (Å²) in [5.74, 6) is -1.09. The van der Waals surface area contributed by atoms with E-state index in [4.69, 9.17) is 9.47 Å². The predicted octanol–water partition coefficient (Wildman–Crippen LogP) is 2.23. The van der Waals surface area contributed by atoms with Crippen LogP contribution in [0.5, 0.6) is 0 Å². The summed E-state index contributed by atoms with van der Waals surface area (Å²) in [7, 11) is 0. The fraction of sp³-hybridized carbons (Fsp3) is 0.529. The molecule has 0 unspecified atom stereocenters. The maximum absolute atomic E-state index is 11.1. The van der Waals surface area contributed by atoms with Gasteiger partial charge in [-0.25, -0.2) is 0 Å². The highest BCUT2D eigenvalue weighted by Gasteiger charge is 2.19. The largest absolute Gasteiger partial charge is 0.421 e. The van der Waals surface area contributed by atoms with Crippen molar-refractivity contribution in [2.45, 2.75) is 52.6 Å². The molecular weight excluding hydrogens is 298 g/mol. The van der Waals surface area contributed by atoms with Gasteiger partial charge in [0.15, 0.2) is 0 Å². The van der Waals surface area contributed by atoms with E-state index in [0.717, 1.165) is 5.56 Å². The van der Waals surface area contributed by atoms with E-state index in [9.17, 15) is 14.7 Å². The number of hydrogen-bond acceptors (Lipinski definition) is 6. The molecule has 0 amide bonds. The van der Waals surface area contributed by atoms with Crippen molar-refractivity contribution >= 4 is 11.9 Å². The molecule has 0 aromatic heterocycles. The number of rotatable bonds is 6. The number of β-amino-alcohol motifs (C(OH)–C–C–N with tert-alkyl or cyclic N) is 1. The third-order valence-electron chi connectivity index (χ3n) is 2.97. The molecule has 0 saturated heterocycles. The molecular formula is C17H25NO5. The van der Waals surface area contributed by atoms with Gasteiger partial charge in [0, 0.05) is 31.5 Å². The zero-order chi connectivity index (χ0) is 17.6. The summed E-state index contributed by atoms with van der Waals surface area (Å²) in [5, 5.41) is 13.4. The molecule has 0 heterocycles. The molecule has 0 aliphatic carbocycles. The van der Waals surface area contributed by atoms with Crippen LogP contribution in [0, 0.1) is 0 Å². The molecule has 1 atom stereocenters. The highest BCUT2D eigenvalue weighted by Crippen LogP contribution is 2.22. The van der Waals surface area contributed by atoms with Crippen LogP contribution in [0.25, 0.3) is 0 Å². The number of aliphatic hydroxyl groups is 1. The summed E-state index contributed by atoms with van der Waals surface area (Å²) in [5.41, 5.74) is 1.15. The highest BCUT2D eigenvalue weighted by atomic mass is 16.7. The Labute approximate surface area is 136 Å². The summed E-state index contributed by atoms with van der Waals surface area (Å²) in [6.07, 6.45) is -1.74. The van der Waals surface area contributed by atoms with E-state index < -0.39 is 24.3 Å². The Morgan fingerprint density at radius 3 is 1.87 bits per heavy atom. The minimum absolute atomic E-state index is 0.0866. The van der Waals surface area contributed by atoms with Crippen molar-refractivity contribution in [3.63, 3.8) is 0 Å². The van der Waals surface area contributed by atoms with Gasteiger partial charge in [0.25, 0.3) is 6.29 Å². The molecule has 1 aromatic rings. The summed E-state index contributed by atoms with van der Waals surface area (Å²) in [6, 6.07) is 6.74. The van der Waals surface area contributed by atoms with E-state index in [1.54, 1.807) is 24.3 Å². The normalized spacial score (nSPS) is 12.8. The third-order valence-corrected chi connectivity index (χ3v) is 2.97. The van der Waals surface area contributed by atoms with E-state index >= 15 is 0 Å². The van der Waals surface area contributed by atoms with Crippen LogP contribution in [0.15, 0.2) is 24.3 Å². The van der Waals surface area contributed by atoms with Crippen molar-refractivity contribution in [2.75, 3.05) is 6.54 Å². The van der Waals surface area contributed by atoms with Crippen molar-refractivity contribution < 1.29 is 24.2 Å². The molecule has 1 aromatic carbocycles. The number of nitrogens with one attached hydrogen (secondary N) is 1. The molecule has 0 aliphatic heterocycles. The summed E-state index contributed by atoms with van der Waals surface area (Å²) in [4.78, 5) is 22.2. The Morgan fingerprint density at radius 2 is 1.48 bits per heavy atom. The molecule has 0 bridgehead atoms. The lowest BCUT2D eigenvalue weighted by Crippen LogP contribution is -2.38. The molecule has 1 rings (SSSR count). The minimum atomic E-state index is -1.08. The van der Waals surface area contributed by atoms with Crippen LogP contribution in [0.3, 0.4) is 0 Å². The Morgan fingerprint density at radius 1 is 1.04 bits per heavy atom. The predicted molar refractivity (Wildman–Crippen MR) is 85.4 cm³/mol. The molecule has 0 saturated carbocycles. The Hall–Kier alpha value is -1.92. The van der Waals surface area contributed by atoms with Crippen LogP contribution in [0.1, 0.15) is 58.1 Å².